The van der Waals surface area contributed by atoms with E-state index in [2.05, 4.69) is 20.7 Å². The van der Waals surface area contributed by atoms with Crippen molar-refractivity contribution in [3.8, 4) is 0 Å². The number of hydrogen-bond donors (Lipinski definition) is 3. The van der Waals surface area contributed by atoms with Crippen LogP contribution in [0.15, 0.2) is 18.2 Å². The lowest BCUT2D eigenvalue weighted by atomic mass is 9.90. The van der Waals surface area contributed by atoms with E-state index in [1.165, 1.54) is 7.11 Å². The zero-order chi connectivity index (χ0) is 22.3. The molecule has 0 fully saturated rings. The zero-order valence-corrected chi connectivity index (χ0v) is 17.8. The van der Waals surface area contributed by atoms with Crippen LogP contribution < -0.4 is 16.0 Å². The molecular formula is C21H29N3O6. The van der Waals surface area contributed by atoms with Gasteiger partial charge in [0, 0.05) is 24.3 Å². The molecule has 1 aromatic rings. The molecule has 9 heteroatoms. The number of ether oxygens (including phenoxy) is 2. The van der Waals surface area contributed by atoms with Gasteiger partial charge in [-0.1, -0.05) is 6.07 Å². The lowest BCUT2D eigenvalue weighted by molar-refractivity contribution is -0.143. The Labute approximate surface area is 175 Å². The highest BCUT2D eigenvalue weighted by Gasteiger charge is 2.29. The van der Waals surface area contributed by atoms with E-state index >= 15 is 0 Å². The molecule has 1 aromatic carbocycles. The molecule has 1 aliphatic heterocycles. The molecule has 1 aliphatic rings. The monoisotopic (exact) mass is 419 g/mol. The van der Waals surface area contributed by atoms with Crippen LogP contribution in [0.3, 0.4) is 0 Å². The van der Waals surface area contributed by atoms with E-state index in [-0.39, 0.29) is 18.2 Å². The van der Waals surface area contributed by atoms with Crippen molar-refractivity contribution in [3.63, 3.8) is 0 Å². The number of benzene rings is 1. The van der Waals surface area contributed by atoms with Crippen LogP contribution in [0.25, 0.3) is 0 Å². The zero-order valence-electron chi connectivity index (χ0n) is 17.8. The maximum absolute atomic E-state index is 12.3. The van der Waals surface area contributed by atoms with E-state index in [0.29, 0.717) is 37.2 Å². The molecule has 2 rings (SSSR count). The lowest BCUT2D eigenvalue weighted by Crippen LogP contribution is -2.34. The number of rotatable bonds is 7. The number of fused-ring (bicyclic) bond motifs is 1. The van der Waals surface area contributed by atoms with Gasteiger partial charge in [-0.3, -0.25) is 14.4 Å². The van der Waals surface area contributed by atoms with E-state index in [9.17, 15) is 19.2 Å². The lowest BCUT2D eigenvalue weighted by Gasteiger charge is -2.24. The molecule has 1 atom stereocenters. The van der Waals surface area contributed by atoms with Crippen molar-refractivity contribution in [1.82, 2.24) is 10.6 Å². The minimum absolute atomic E-state index is 0.0152. The SMILES string of the molecule is COC(=O)CC1Cc2ccc(C(=O)NCCCNC(=O)OC(C)(C)C)cc2NC1=O. The first-order valence-corrected chi connectivity index (χ1v) is 9.84. The van der Waals surface area contributed by atoms with E-state index in [0.717, 1.165) is 5.56 Å². The molecule has 1 unspecified atom stereocenters. The van der Waals surface area contributed by atoms with Crippen molar-refractivity contribution < 1.29 is 28.7 Å². The predicted molar refractivity (Wildman–Crippen MR) is 110 cm³/mol. The van der Waals surface area contributed by atoms with Gasteiger partial charge in [0.15, 0.2) is 0 Å². The molecule has 30 heavy (non-hydrogen) atoms. The fourth-order valence-corrected chi connectivity index (χ4v) is 2.95. The summed E-state index contributed by atoms with van der Waals surface area (Å²) in [5, 5.41) is 8.16. The molecule has 0 spiro atoms. The Hall–Kier alpha value is -3.10. The highest BCUT2D eigenvalue weighted by molar-refractivity contribution is 6.00. The van der Waals surface area contributed by atoms with E-state index in [4.69, 9.17) is 4.74 Å². The number of alkyl carbamates (subject to hydrolysis) is 1. The Balaban J connectivity index is 1.81. The molecule has 164 valence electrons. The van der Waals surface area contributed by atoms with Gasteiger partial charge in [-0.15, -0.1) is 0 Å². The summed E-state index contributed by atoms with van der Waals surface area (Å²) < 4.78 is 9.76. The summed E-state index contributed by atoms with van der Waals surface area (Å²) >= 11 is 0. The normalized spacial score (nSPS) is 15.5. The van der Waals surface area contributed by atoms with Crippen molar-refractivity contribution >= 4 is 29.6 Å². The highest BCUT2D eigenvalue weighted by Crippen LogP contribution is 2.28. The smallest absolute Gasteiger partial charge is 0.407 e. The number of amides is 3. The van der Waals surface area contributed by atoms with Crippen LogP contribution in [0.2, 0.25) is 0 Å². The number of methoxy groups -OCH3 is 1. The van der Waals surface area contributed by atoms with Gasteiger partial charge in [-0.05, 0) is 51.3 Å². The Morgan fingerprint density at radius 2 is 1.87 bits per heavy atom. The van der Waals surface area contributed by atoms with Gasteiger partial charge >= 0.3 is 12.1 Å². The second kappa shape index (κ2) is 10.1. The molecule has 3 amide bonds. The molecule has 0 bridgehead atoms. The molecule has 9 nitrogen and oxygen atoms in total. The van der Waals surface area contributed by atoms with Gasteiger partial charge in [0.05, 0.1) is 19.4 Å². The highest BCUT2D eigenvalue weighted by atomic mass is 16.6. The van der Waals surface area contributed by atoms with Crippen LogP contribution in [0.1, 0.15) is 49.5 Å². The van der Waals surface area contributed by atoms with Crippen LogP contribution in [-0.4, -0.2) is 49.7 Å². The van der Waals surface area contributed by atoms with E-state index in [1.54, 1.807) is 39.0 Å². The first-order chi connectivity index (χ1) is 14.1. The van der Waals surface area contributed by atoms with Crippen molar-refractivity contribution in [2.45, 2.75) is 45.6 Å². The fraction of sp³-hybridized carbons (Fsp3) is 0.524. The van der Waals surface area contributed by atoms with Crippen LogP contribution in [0.4, 0.5) is 10.5 Å². The molecular weight excluding hydrogens is 390 g/mol. The van der Waals surface area contributed by atoms with Gasteiger partial charge in [0.1, 0.15) is 5.60 Å². The topological polar surface area (TPSA) is 123 Å². The number of carbonyl (C=O) groups excluding carboxylic acids is 4. The average molecular weight is 419 g/mol. The van der Waals surface area contributed by atoms with Gasteiger partial charge in [-0.25, -0.2) is 4.79 Å². The predicted octanol–water partition coefficient (Wildman–Crippen LogP) is 2.01. The summed E-state index contributed by atoms with van der Waals surface area (Å²) in [4.78, 5) is 47.6. The summed E-state index contributed by atoms with van der Waals surface area (Å²) in [5.41, 5.74) is 1.29. The Morgan fingerprint density at radius 1 is 1.17 bits per heavy atom. The van der Waals surface area contributed by atoms with Crippen LogP contribution in [0.5, 0.6) is 0 Å². The summed E-state index contributed by atoms with van der Waals surface area (Å²) in [6.07, 6.45) is 0.474. The van der Waals surface area contributed by atoms with Crippen LogP contribution in [-0.2, 0) is 25.5 Å². The first-order valence-electron chi connectivity index (χ1n) is 9.84. The molecule has 0 aromatic heterocycles. The number of hydrogen-bond acceptors (Lipinski definition) is 6. The standard InChI is InChI=1S/C21H29N3O6/c1-21(2,3)30-20(28)23-9-5-8-22-18(26)14-7-6-13-10-15(12-17(25)29-4)19(27)24-16(13)11-14/h6-7,11,15H,5,8-10,12H2,1-4H3,(H,22,26)(H,23,28)(H,24,27). The minimum atomic E-state index is -0.556. The number of anilines is 1. The van der Waals surface area contributed by atoms with Gasteiger partial charge in [-0.2, -0.15) is 0 Å². The quantitative estimate of drug-likeness (QED) is 0.459. The number of nitrogens with one attached hydrogen (secondary N) is 3. The van der Waals surface area contributed by atoms with Gasteiger partial charge in [0.2, 0.25) is 5.91 Å². The summed E-state index contributed by atoms with van der Waals surface area (Å²) in [6, 6.07) is 5.08. The van der Waals surface area contributed by atoms with Crippen LogP contribution in [0, 0.1) is 5.92 Å². The molecule has 0 saturated carbocycles. The molecule has 0 saturated heterocycles. The summed E-state index contributed by atoms with van der Waals surface area (Å²) in [7, 11) is 1.29. The third-order valence-electron chi connectivity index (χ3n) is 4.42. The van der Waals surface area contributed by atoms with Gasteiger partial charge < -0.3 is 25.4 Å². The molecule has 0 radical (unpaired) electrons. The summed E-state index contributed by atoms with van der Waals surface area (Å²) in [5.74, 6) is -1.46. The van der Waals surface area contributed by atoms with Crippen molar-refractivity contribution in [2.75, 3.05) is 25.5 Å². The first kappa shape index (κ1) is 23.2. The molecule has 1 heterocycles. The second-order valence-corrected chi connectivity index (χ2v) is 8.08. The Kier molecular flexibility index (Phi) is 7.79. The van der Waals surface area contributed by atoms with Gasteiger partial charge in [0.25, 0.3) is 5.91 Å². The summed E-state index contributed by atoms with van der Waals surface area (Å²) in [6.45, 7) is 6.10. The van der Waals surface area contributed by atoms with E-state index < -0.39 is 23.6 Å². The maximum atomic E-state index is 12.3. The second-order valence-electron chi connectivity index (χ2n) is 8.08. The largest absolute Gasteiger partial charge is 0.469 e. The Morgan fingerprint density at radius 3 is 2.53 bits per heavy atom. The number of carbonyl (C=O) groups is 4. The van der Waals surface area contributed by atoms with Crippen molar-refractivity contribution in [1.29, 1.82) is 0 Å². The van der Waals surface area contributed by atoms with E-state index in [1.807, 2.05) is 0 Å². The fourth-order valence-electron chi connectivity index (χ4n) is 2.95. The molecule has 3 N–H and O–H groups in total. The average Bonchev–Trinajstić information content (AvgIpc) is 2.66. The Bertz CT molecular complexity index is 815. The number of esters is 1. The third kappa shape index (κ3) is 7.06. The van der Waals surface area contributed by atoms with Crippen molar-refractivity contribution in [2.24, 2.45) is 5.92 Å². The third-order valence-corrected chi connectivity index (χ3v) is 4.42. The minimum Gasteiger partial charge on any atom is -0.469 e. The van der Waals surface area contributed by atoms with Crippen molar-refractivity contribution in [3.05, 3.63) is 29.3 Å². The van der Waals surface area contributed by atoms with Crippen LogP contribution >= 0.6 is 0 Å². The molecule has 0 aliphatic carbocycles. The maximum Gasteiger partial charge on any atom is 0.407 e.